The molecule has 0 aliphatic heterocycles. The van der Waals surface area contributed by atoms with Crippen LogP contribution in [0.25, 0.3) is 11.6 Å². The van der Waals surface area contributed by atoms with Crippen LogP contribution >= 0.6 is 0 Å². The van der Waals surface area contributed by atoms with Gasteiger partial charge in [0.1, 0.15) is 0 Å². The van der Waals surface area contributed by atoms with Crippen LogP contribution in [0.1, 0.15) is 83.1 Å². The Bertz CT molecular complexity index is 842. The minimum Gasteiger partial charge on any atom is -0.389 e. The van der Waals surface area contributed by atoms with Crippen LogP contribution in [0, 0.1) is 0 Å². The maximum Gasteiger partial charge on any atom is 0.0746 e. The van der Waals surface area contributed by atoms with Crippen molar-refractivity contribution in [3.05, 3.63) is 70.8 Å². The van der Waals surface area contributed by atoms with E-state index in [0.717, 1.165) is 19.3 Å². The summed E-state index contributed by atoms with van der Waals surface area (Å²) in [5.41, 5.74) is 5.49. The number of rotatable bonds is 4. The summed E-state index contributed by atoms with van der Waals surface area (Å²) in [7, 11) is 0. The average Bonchev–Trinajstić information content (AvgIpc) is 2.60. The highest BCUT2D eigenvalue weighted by atomic mass is 16.3. The van der Waals surface area contributed by atoms with Gasteiger partial charge >= 0.3 is 0 Å². The van der Waals surface area contributed by atoms with Crippen LogP contribution in [0.4, 0.5) is 0 Å². The smallest absolute Gasteiger partial charge is 0.0746 e. The molecule has 1 unspecified atom stereocenters. The number of fused-ring (bicyclic) bond motifs is 1. The summed E-state index contributed by atoms with van der Waals surface area (Å²) in [5.74, 6) is 0. The minimum atomic E-state index is -0.658. The van der Waals surface area contributed by atoms with Crippen molar-refractivity contribution in [2.24, 2.45) is 0 Å². The maximum absolute atomic E-state index is 11.5. The molecule has 0 saturated heterocycles. The van der Waals surface area contributed by atoms with Gasteiger partial charge in [0, 0.05) is 5.41 Å². The fourth-order valence-electron chi connectivity index (χ4n) is 4.89. The lowest BCUT2D eigenvalue weighted by molar-refractivity contribution is -0.0654. The van der Waals surface area contributed by atoms with Gasteiger partial charge in [0.15, 0.2) is 0 Å². The molecule has 0 bridgehead atoms. The van der Waals surface area contributed by atoms with Gasteiger partial charge in [-0.05, 0) is 53.0 Å². The fraction of sp³-hybridized carbons (Fsp3) is 0.462. The summed E-state index contributed by atoms with van der Waals surface area (Å²) >= 11 is 0. The third-order valence-corrected chi connectivity index (χ3v) is 6.62. The monoisotopic (exact) mass is 362 g/mol. The quantitative estimate of drug-likeness (QED) is 0.597. The molecule has 1 aliphatic carbocycles. The van der Waals surface area contributed by atoms with E-state index in [1.54, 1.807) is 0 Å². The summed E-state index contributed by atoms with van der Waals surface area (Å²) in [4.78, 5) is 0. The fourth-order valence-corrected chi connectivity index (χ4v) is 4.89. The Hall–Kier alpha value is -1.86. The van der Waals surface area contributed by atoms with E-state index in [2.05, 4.69) is 90.1 Å². The Balaban J connectivity index is 2.08. The third kappa shape index (κ3) is 3.50. The van der Waals surface area contributed by atoms with E-state index in [0.29, 0.717) is 0 Å². The molecule has 144 valence electrons. The van der Waals surface area contributed by atoms with E-state index in [-0.39, 0.29) is 10.8 Å². The first-order valence-corrected chi connectivity index (χ1v) is 10.2. The van der Waals surface area contributed by atoms with Crippen molar-refractivity contribution in [2.45, 2.75) is 77.2 Å². The summed E-state index contributed by atoms with van der Waals surface area (Å²) in [5, 5.41) is 11.5. The molecule has 1 heteroatoms. The van der Waals surface area contributed by atoms with Crippen LogP contribution in [-0.4, -0.2) is 10.7 Å². The van der Waals surface area contributed by atoms with Gasteiger partial charge in [-0.25, -0.2) is 0 Å². The molecule has 0 amide bonds. The molecule has 27 heavy (non-hydrogen) atoms. The van der Waals surface area contributed by atoms with Gasteiger partial charge in [-0.3, -0.25) is 0 Å². The number of allylic oxidation sites excluding steroid dienone is 1. The number of aliphatic hydroxyl groups is 1. The molecule has 1 N–H and O–H groups in total. The molecule has 0 aromatic heterocycles. The third-order valence-electron chi connectivity index (χ3n) is 6.62. The van der Waals surface area contributed by atoms with Gasteiger partial charge in [-0.1, -0.05) is 95.6 Å². The highest BCUT2D eigenvalue weighted by Gasteiger charge is 2.52. The number of hydrogen-bond acceptors (Lipinski definition) is 1. The first-order valence-electron chi connectivity index (χ1n) is 10.2. The van der Waals surface area contributed by atoms with Crippen molar-refractivity contribution in [1.29, 1.82) is 0 Å². The summed E-state index contributed by atoms with van der Waals surface area (Å²) in [6, 6.07) is 17.3. The van der Waals surface area contributed by atoms with E-state index in [1.165, 1.54) is 27.8 Å². The Labute approximate surface area is 165 Å². The van der Waals surface area contributed by atoms with Crippen LogP contribution in [0.2, 0.25) is 0 Å². The van der Waals surface area contributed by atoms with E-state index < -0.39 is 5.60 Å². The predicted octanol–water partition coefficient (Wildman–Crippen LogP) is 6.74. The van der Waals surface area contributed by atoms with Gasteiger partial charge in [0.25, 0.3) is 0 Å². The Morgan fingerprint density at radius 3 is 2.30 bits per heavy atom. The van der Waals surface area contributed by atoms with Crippen LogP contribution < -0.4 is 0 Å². The van der Waals surface area contributed by atoms with Crippen LogP contribution in [-0.2, 0) is 10.8 Å². The van der Waals surface area contributed by atoms with Crippen LogP contribution in [0.5, 0.6) is 0 Å². The highest BCUT2D eigenvalue weighted by molar-refractivity contribution is 5.80. The summed E-state index contributed by atoms with van der Waals surface area (Å²) < 4.78 is 0. The Morgan fingerprint density at radius 2 is 1.67 bits per heavy atom. The maximum atomic E-state index is 11.5. The Morgan fingerprint density at radius 1 is 1.00 bits per heavy atom. The zero-order valence-corrected chi connectivity index (χ0v) is 17.8. The van der Waals surface area contributed by atoms with Crippen molar-refractivity contribution in [3.63, 3.8) is 0 Å². The summed E-state index contributed by atoms with van der Waals surface area (Å²) in [6.07, 6.45) is 4.90. The largest absolute Gasteiger partial charge is 0.389 e. The van der Waals surface area contributed by atoms with Crippen molar-refractivity contribution in [1.82, 2.24) is 0 Å². The zero-order chi connectivity index (χ0) is 19.9. The normalized spacial score (nSPS) is 23.7. The molecule has 1 atom stereocenters. The lowest BCUT2D eigenvalue weighted by Gasteiger charge is -2.53. The first kappa shape index (κ1) is 19.9. The number of hydrogen-bond donors (Lipinski definition) is 1. The molecule has 0 radical (unpaired) electrons. The van der Waals surface area contributed by atoms with Gasteiger partial charge in [-0.15, -0.1) is 0 Å². The first-order chi connectivity index (χ1) is 12.6. The zero-order valence-electron chi connectivity index (χ0n) is 17.8. The van der Waals surface area contributed by atoms with Crippen LogP contribution in [0.15, 0.2) is 48.5 Å². The van der Waals surface area contributed by atoms with Gasteiger partial charge in [0.2, 0.25) is 0 Å². The van der Waals surface area contributed by atoms with Crippen molar-refractivity contribution in [2.75, 3.05) is 0 Å². The SMILES string of the molecule is CCCC1(O)CC(C)(C)c2cc(C(C)=Cc3ccccc3)ccc2C1(C)C. The van der Waals surface area contributed by atoms with E-state index in [1.807, 2.05) is 6.07 Å². The lowest BCUT2D eigenvalue weighted by atomic mass is 9.54. The molecule has 1 aliphatic rings. The second kappa shape index (κ2) is 6.95. The standard InChI is InChI=1S/C26H34O/c1-7-15-26(27)18-24(3,4)23-17-21(13-14-22(23)25(26,5)6)19(2)16-20-11-9-8-10-12-20/h8-14,16-17,27H,7,15,18H2,1-6H3. The second-order valence-electron chi connectivity index (χ2n) is 9.47. The van der Waals surface area contributed by atoms with Crippen molar-refractivity contribution in [3.8, 4) is 0 Å². The number of benzene rings is 2. The topological polar surface area (TPSA) is 20.2 Å². The van der Waals surface area contributed by atoms with Gasteiger partial charge in [-0.2, -0.15) is 0 Å². The molecule has 0 spiro atoms. The van der Waals surface area contributed by atoms with Crippen molar-refractivity contribution >= 4 is 11.6 Å². The van der Waals surface area contributed by atoms with E-state index in [9.17, 15) is 5.11 Å². The molecule has 2 aromatic rings. The van der Waals surface area contributed by atoms with E-state index >= 15 is 0 Å². The molecule has 3 rings (SSSR count). The van der Waals surface area contributed by atoms with Crippen molar-refractivity contribution < 1.29 is 5.11 Å². The second-order valence-corrected chi connectivity index (χ2v) is 9.47. The predicted molar refractivity (Wildman–Crippen MR) is 117 cm³/mol. The molecular weight excluding hydrogens is 328 g/mol. The summed E-state index contributed by atoms with van der Waals surface area (Å²) in [6.45, 7) is 13.3. The van der Waals surface area contributed by atoms with E-state index in [4.69, 9.17) is 0 Å². The molecule has 2 aromatic carbocycles. The molecule has 0 fully saturated rings. The Kier molecular flexibility index (Phi) is 5.12. The average molecular weight is 363 g/mol. The molecular formula is C26H34O. The molecule has 0 heterocycles. The lowest BCUT2D eigenvalue weighted by Crippen LogP contribution is -2.55. The molecule has 0 saturated carbocycles. The minimum absolute atomic E-state index is 0.0438. The van der Waals surface area contributed by atoms with Crippen LogP contribution in [0.3, 0.4) is 0 Å². The van der Waals surface area contributed by atoms with Gasteiger partial charge in [0.05, 0.1) is 5.60 Å². The highest BCUT2D eigenvalue weighted by Crippen LogP contribution is 2.53. The van der Waals surface area contributed by atoms with Gasteiger partial charge < -0.3 is 5.11 Å². The molecule has 1 nitrogen and oxygen atoms in total.